The highest BCUT2D eigenvalue weighted by Crippen LogP contribution is 2.16. The molecule has 0 amide bonds. The van der Waals surface area contributed by atoms with E-state index in [4.69, 9.17) is 4.43 Å². The highest BCUT2D eigenvalue weighted by molar-refractivity contribution is 8.13. The molecule has 1 atom stereocenters. The van der Waals surface area contributed by atoms with Crippen LogP contribution in [0.5, 0.6) is 0 Å². The first-order valence-corrected chi connectivity index (χ1v) is 12.5. The Kier molecular flexibility index (Phi) is 16.2. The molecule has 0 aliphatic rings. The monoisotopic (exact) mass is 346 g/mol. The predicted molar refractivity (Wildman–Crippen MR) is 103 cm³/mol. The van der Waals surface area contributed by atoms with Gasteiger partial charge in [0.05, 0.1) is 0 Å². The summed E-state index contributed by atoms with van der Waals surface area (Å²) >= 11 is 1.53. The molecular weight excluding hydrogens is 308 g/mol. The number of carbonyl (C=O) groups excluding carboxylic acids is 1. The fourth-order valence-electron chi connectivity index (χ4n) is 2.65. The maximum atomic E-state index is 11.7. The summed E-state index contributed by atoms with van der Waals surface area (Å²) in [5, 5.41) is 0.383. The van der Waals surface area contributed by atoms with Gasteiger partial charge in [0.1, 0.15) is 0 Å². The Balaban J connectivity index is 3.61. The van der Waals surface area contributed by atoms with Crippen molar-refractivity contribution in [1.82, 2.24) is 0 Å². The molecule has 0 fully saturated rings. The summed E-state index contributed by atoms with van der Waals surface area (Å²) in [7, 11) is -0.959. The van der Waals surface area contributed by atoms with E-state index in [0.29, 0.717) is 11.2 Å². The molecule has 0 saturated carbocycles. The van der Waals surface area contributed by atoms with E-state index in [2.05, 4.69) is 27.7 Å². The molecule has 2 nitrogen and oxygen atoms in total. The molecule has 0 radical (unpaired) electrons. The highest BCUT2D eigenvalue weighted by Gasteiger charge is 2.13. The number of unbranched alkanes of at least 4 members (excludes halogenated alkanes) is 3. The van der Waals surface area contributed by atoms with Gasteiger partial charge in [-0.25, -0.2) is 0 Å². The van der Waals surface area contributed by atoms with E-state index in [-0.39, 0.29) is 0 Å². The molecule has 0 aromatic heterocycles. The third kappa shape index (κ3) is 13.8. The molecule has 0 saturated heterocycles. The van der Waals surface area contributed by atoms with Gasteiger partial charge in [-0.2, -0.15) is 0 Å². The van der Waals surface area contributed by atoms with Gasteiger partial charge in [-0.1, -0.05) is 64.6 Å². The largest absolute Gasteiger partial charge is 0.417 e. The Labute approximate surface area is 144 Å². The van der Waals surface area contributed by atoms with Crippen LogP contribution in [0.25, 0.3) is 0 Å². The number of carbonyl (C=O) groups is 1. The molecule has 0 aromatic carbocycles. The van der Waals surface area contributed by atoms with Crippen LogP contribution in [0.3, 0.4) is 0 Å². The smallest absolute Gasteiger partial charge is 0.188 e. The standard InChI is InChI=1S/C18H38O2SSi/c1-5-8-9-10-13-18(19)21-14-11-12-17(4)20-22(15-6-2)16-7-3/h17,22H,5-16H2,1-4H3. The zero-order valence-corrected chi connectivity index (χ0v) is 17.3. The van der Waals surface area contributed by atoms with Crippen LogP contribution >= 0.6 is 11.8 Å². The van der Waals surface area contributed by atoms with Crippen molar-refractivity contribution in [3.8, 4) is 0 Å². The van der Waals surface area contributed by atoms with Crippen LogP contribution in [0.2, 0.25) is 12.1 Å². The summed E-state index contributed by atoms with van der Waals surface area (Å²) in [6.45, 7) is 8.93. The van der Waals surface area contributed by atoms with Crippen molar-refractivity contribution in [2.24, 2.45) is 0 Å². The van der Waals surface area contributed by atoms with Crippen molar-refractivity contribution in [2.45, 2.75) is 104 Å². The first-order chi connectivity index (χ1) is 10.6. The van der Waals surface area contributed by atoms with Gasteiger partial charge in [-0.3, -0.25) is 4.79 Å². The fraction of sp³-hybridized carbons (Fsp3) is 0.944. The molecule has 0 N–H and O–H groups in total. The fourth-order valence-corrected chi connectivity index (χ4v) is 6.12. The molecule has 0 rings (SSSR count). The van der Waals surface area contributed by atoms with Crippen LogP contribution in [-0.4, -0.2) is 26.0 Å². The van der Waals surface area contributed by atoms with Crippen LogP contribution < -0.4 is 0 Å². The summed E-state index contributed by atoms with van der Waals surface area (Å²) in [6.07, 6.45) is 10.6. The molecule has 0 aliphatic carbocycles. The maximum Gasteiger partial charge on any atom is 0.188 e. The van der Waals surface area contributed by atoms with Crippen LogP contribution in [-0.2, 0) is 9.22 Å². The second-order valence-corrected chi connectivity index (χ2v) is 10.1. The summed E-state index contributed by atoms with van der Waals surface area (Å²) in [6, 6.07) is 2.62. The van der Waals surface area contributed by atoms with E-state index in [9.17, 15) is 4.79 Å². The molecular formula is C18H38O2SSi. The molecule has 132 valence electrons. The number of thioether (sulfide) groups is 1. The Bertz CT molecular complexity index is 255. The van der Waals surface area contributed by atoms with Gasteiger partial charge in [0.15, 0.2) is 14.2 Å². The minimum absolute atomic E-state index is 0.383. The number of hydrogen-bond donors (Lipinski definition) is 0. The van der Waals surface area contributed by atoms with Gasteiger partial charge in [0.2, 0.25) is 0 Å². The molecule has 4 heteroatoms. The lowest BCUT2D eigenvalue weighted by Crippen LogP contribution is -2.23. The second-order valence-electron chi connectivity index (χ2n) is 6.32. The Morgan fingerprint density at radius 3 is 2.27 bits per heavy atom. The first kappa shape index (κ1) is 22.2. The Morgan fingerprint density at radius 1 is 1.00 bits per heavy atom. The van der Waals surface area contributed by atoms with Crippen molar-refractivity contribution in [2.75, 3.05) is 5.75 Å². The quantitative estimate of drug-likeness (QED) is 0.271. The number of hydrogen-bond acceptors (Lipinski definition) is 3. The van der Waals surface area contributed by atoms with Crippen molar-refractivity contribution in [3.63, 3.8) is 0 Å². The SMILES string of the molecule is CCCCCCC(=O)SCCCC(C)O[SiH](CCC)CCC. The van der Waals surface area contributed by atoms with E-state index in [0.717, 1.165) is 31.4 Å². The van der Waals surface area contributed by atoms with Crippen LogP contribution in [0, 0.1) is 0 Å². The van der Waals surface area contributed by atoms with Crippen molar-refractivity contribution >= 4 is 25.9 Å². The summed E-state index contributed by atoms with van der Waals surface area (Å²) in [5.74, 6) is 0.966. The number of rotatable bonds is 15. The van der Waals surface area contributed by atoms with Crippen molar-refractivity contribution in [3.05, 3.63) is 0 Å². The zero-order chi connectivity index (χ0) is 16.6. The molecule has 0 aromatic rings. The van der Waals surface area contributed by atoms with E-state index < -0.39 is 9.04 Å². The Morgan fingerprint density at radius 2 is 1.68 bits per heavy atom. The summed E-state index contributed by atoms with van der Waals surface area (Å²) < 4.78 is 6.27. The minimum Gasteiger partial charge on any atom is -0.417 e. The topological polar surface area (TPSA) is 26.3 Å². The van der Waals surface area contributed by atoms with Crippen molar-refractivity contribution in [1.29, 1.82) is 0 Å². The van der Waals surface area contributed by atoms with Gasteiger partial charge < -0.3 is 4.43 Å². The second kappa shape index (κ2) is 16.1. The lowest BCUT2D eigenvalue weighted by molar-refractivity contribution is -0.111. The average Bonchev–Trinajstić information content (AvgIpc) is 2.49. The third-order valence-corrected chi connectivity index (χ3v) is 8.21. The molecule has 0 aliphatic heterocycles. The van der Waals surface area contributed by atoms with Gasteiger partial charge in [0.25, 0.3) is 0 Å². The highest BCUT2D eigenvalue weighted by atomic mass is 32.2. The molecule has 0 spiro atoms. The van der Waals surface area contributed by atoms with Gasteiger partial charge in [-0.15, -0.1) is 0 Å². The lowest BCUT2D eigenvalue weighted by atomic mass is 10.2. The van der Waals surface area contributed by atoms with E-state index in [1.807, 2.05) is 0 Å². The average molecular weight is 347 g/mol. The predicted octanol–water partition coefficient (Wildman–Crippen LogP) is 5.95. The summed E-state index contributed by atoms with van der Waals surface area (Å²) in [4.78, 5) is 11.7. The van der Waals surface area contributed by atoms with Gasteiger partial charge in [0, 0.05) is 18.3 Å². The lowest BCUT2D eigenvalue weighted by Gasteiger charge is -2.20. The van der Waals surface area contributed by atoms with E-state index in [1.54, 1.807) is 0 Å². The molecule has 0 heterocycles. The third-order valence-electron chi connectivity index (χ3n) is 3.90. The minimum atomic E-state index is -0.959. The maximum absolute atomic E-state index is 11.7. The molecule has 22 heavy (non-hydrogen) atoms. The summed E-state index contributed by atoms with van der Waals surface area (Å²) in [5.41, 5.74) is 0. The molecule has 0 bridgehead atoms. The van der Waals surface area contributed by atoms with Crippen LogP contribution in [0.15, 0.2) is 0 Å². The zero-order valence-electron chi connectivity index (χ0n) is 15.4. The van der Waals surface area contributed by atoms with Gasteiger partial charge in [-0.05, 0) is 38.3 Å². The van der Waals surface area contributed by atoms with Gasteiger partial charge >= 0.3 is 0 Å². The van der Waals surface area contributed by atoms with Crippen molar-refractivity contribution < 1.29 is 9.22 Å². The van der Waals surface area contributed by atoms with E-state index >= 15 is 0 Å². The normalized spacial score (nSPS) is 12.8. The van der Waals surface area contributed by atoms with E-state index in [1.165, 1.54) is 56.0 Å². The molecule has 1 unspecified atom stereocenters. The van der Waals surface area contributed by atoms with Crippen LogP contribution in [0.1, 0.15) is 85.5 Å². The first-order valence-electron chi connectivity index (χ1n) is 9.45. The Hall–Kier alpha value is 0.197. The van der Waals surface area contributed by atoms with Crippen LogP contribution in [0.4, 0.5) is 0 Å².